The van der Waals surface area contributed by atoms with Crippen LogP contribution in [0.2, 0.25) is 0 Å². The van der Waals surface area contributed by atoms with Crippen molar-refractivity contribution in [3.8, 4) is 0 Å². The molecule has 0 fully saturated rings. The van der Waals surface area contributed by atoms with Gasteiger partial charge in [-0.05, 0) is 48.5 Å². The molecule has 0 saturated carbocycles. The molecule has 5 rings (SSSR count). The van der Waals surface area contributed by atoms with Gasteiger partial charge in [-0.2, -0.15) is 13.2 Å². The van der Waals surface area contributed by atoms with E-state index in [1.165, 1.54) is 36.5 Å². The van der Waals surface area contributed by atoms with Crippen LogP contribution in [-0.2, 0) is 26.2 Å². The first-order valence-corrected chi connectivity index (χ1v) is 15.0. The van der Waals surface area contributed by atoms with E-state index in [0.29, 0.717) is 17.3 Å². The zero-order valence-electron chi connectivity index (χ0n) is 19.9. The van der Waals surface area contributed by atoms with Gasteiger partial charge in [0.25, 0.3) is 20.0 Å². The third-order valence-corrected chi connectivity index (χ3v) is 8.93. The highest BCUT2D eigenvalue weighted by Crippen LogP contribution is 2.35. The zero-order valence-corrected chi connectivity index (χ0v) is 22.4. The second kappa shape index (κ2) is 10.4. The summed E-state index contributed by atoms with van der Waals surface area (Å²) in [6.45, 7) is 0. The summed E-state index contributed by atoms with van der Waals surface area (Å²) >= 11 is 1.11. The quantitative estimate of drug-likeness (QED) is 0.212. The predicted molar refractivity (Wildman–Crippen MR) is 144 cm³/mol. The van der Waals surface area contributed by atoms with Gasteiger partial charge < -0.3 is 5.32 Å². The molecule has 3 N–H and O–H groups in total. The Balaban J connectivity index is 1.49. The normalized spacial score (nSPS) is 12.3. The summed E-state index contributed by atoms with van der Waals surface area (Å²) in [5.74, 6) is -0.485. The SMILES string of the molecule is O=S(=O)(Nc1nccs1)c1ccc(Nc2nc3ccccc3nc2NS(=O)(=O)c2ccccc2C(F)(F)F)cc1. The molecule has 3 aromatic carbocycles. The van der Waals surface area contributed by atoms with Crippen LogP contribution in [0.3, 0.4) is 0 Å². The second-order valence-electron chi connectivity index (χ2n) is 8.10. The van der Waals surface area contributed by atoms with Crippen molar-refractivity contribution in [2.75, 3.05) is 14.8 Å². The Kier molecular flexibility index (Phi) is 7.07. The number of anilines is 4. The van der Waals surface area contributed by atoms with Crippen LogP contribution in [0.1, 0.15) is 5.56 Å². The van der Waals surface area contributed by atoms with E-state index in [9.17, 15) is 30.0 Å². The minimum absolute atomic E-state index is 0.0671. The molecule has 0 aliphatic rings. The van der Waals surface area contributed by atoms with Gasteiger partial charge in [0.1, 0.15) is 0 Å². The molecule has 16 heteroatoms. The Bertz CT molecular complexity index is 1900. The lowest BCUT2D eigenvalue weighted by Crippen LogP contribution is -2.20. The first-order chi connectivity index (χ1) is 18.9. The number of para-hydroxylation sites is 2. The fourth-order valence-corrected chi connectivity index (χ4v) is 6.60. The number of benzene rings is 3. The fraction of sp³-hybridized carbons (Fsp3) is 0.0417. The highest BCUT2D eigenvalue weighted by atomic mass is 32.2. The molecule has 0 spiro atoms. The number of hydrogen-bond donors (Lipinski definition) is 3. The number of rotatable bonds is 8. The Morgan fingerprint density at radius 3 is 1.98 bits per heavy atom. The molecule has 5 aromatic rings. The van der Waals surface area contributed by atoms with Crippen molar-refractivity contribution in [1.82, 2.24) is 15.0 Å². The second-order valence-corrected chi connectivity index (χ2v) is 12.3. The van der Waals surface area contributed by atoms with E-state index in [4.69, 9.17) is 0 Å². The first kappa shape index (κ1) is 27.3. The van der Waals surface area contributed by atoms with E-state index in [0.717, 1.165) is 23.5 Å². The van der Waals surface area contributed by atoms with E-state index in [2.05, 4.69) is 29.7 Å². The maximum absolute atomic E-state index is 13.5. The van der Waals surface area contributed by atoms with Crippen LogP contribution in [0.4, 0.5) is 35.6 Å². The lowest BCUT2D eigenvalue weighted by Gasteiger charge is -2.16. The van der Waals surface area contributed by atoms with Crippen molar-refractivity contribution in [2.45, 2.75) is 16.0 Å². The number of fused-ring (bicyclic) bond motifs is 1. The number of thiazole rings is 1. The number of nitrogens with zero attached hydrogens (tertiary/aromatic N) is 3. The number of hydrogen-bond acceptors (Lipinski definition) is 9. The largest absolute Gasteiger partial charge is 0.417 e. The van der Waals surface area contributed by atoms with Gasteiger partial charge in [-0.1, -0.05) is 24.3 Å². The van der Waals surface area contributed by atoms with E-state index < -0.39 is 36.7 Å². The maximum atomic E-state index is 13.5. The summed E-state index contributed by atoms with van der Waals surface area (Å²) in [6.07, 6.45) is -3.47. The molecule has 0 saturated heterocycles. The average Bonchev–Trinajstić information content (AvgIpc) is 3.41. The molecule has 0 aliphatic heterocycles. The first-order valence-electron chi connectivity index (χ1n) is 11.2. The van der Waals surface area contributed by atoms with Crippen LogP contribution in [0, 0.1) is 0 Å². The molecule has 40 heavy (non-hydrogen) atoms. The van der Waals surface area contributed by atoms with E-state index in [-0.39, 0.29) is 27.2 Å². The van der Waals surface area contributed by atoms with Crippen LogP contribution in [0.25, 0.3) is 11.0 Å². The van der Waals surface area contributed by atoms with Crippen molar-refractivity contribution in [1.29, 1.82) is 0 Å². The summed E-state index contributed by atoms with van der Waals surface area (Å²) in [7, 11) is -8.69. The van der Waals surface area contributed by atoms with Gasteiger partial charge >= 0.3 is 6.18 Å². The minimum Gasteiger partial charge on any atom is -0.337 e. The lowest BCUT2D eigenvalue weighted by molar-refractivity contribution is -0.139. The fourth-order valence-electron chi connectivity index (χ4n) is 3.58. The topological polar surface area (TPSA) is 143 Å². The molecule has 206 valence electrons. The predicted octanol–water partition coefficient (Wildman–Crippen LogP) is 5.45. The van der Waals surface area contributed by atoms with Gasteiger partial charge in [0.15, 0.2) is 16.8 Å². The van der Waals surface area contributed by atoms with Gasteiger partial charge in [0.05, 0.1) is 26.4 Å². The summed E-state index contributed by atoms with van der Waals surface area (Å²) in [4.78, 5) is 11.5. The third-order valence-electron chi connectivity index (χ3n) is 5.36. The number of alkyl halides is 3. The van der Waals surface area contributed by atoms with E-state index >= 15 is 0 Å². The molecule has 2 aromatic heterocycles. The van der Waals surface area contributed by atoms with Crippen molar-refractivity contribution in [3.63, 3.8) is 0 Å². The summed E-state index contributed by atoms with van der Waals surface area (Å²) < 4.78 is 96.5. The van der Waals surface area contributed by atoms with Gasteiger partial charge in [-0.15, -0.1) is 11.3 Å². The third kappa shape index (κ3) is 5.83. The van der Waals surface area contributed by atoms with Gasteiger partial charge in [0, 0.05) is 17.3 Å². The summed E-state index contributed by atoms with van der Waals surface area (Å²) in [5.41, 5.74) is -0.386. The molecular weight excluding hydrogens is 589 g/mol. The molecule has 10 nitrogen and oxygen atoms in total. The molecular formula is C24H17F3N6O4S3. The molecule has 0 radical (unpaired) electrons. The number of sulfonamides is 2. The average molecular weight is 607 g/mol. The van der Waals surface area contributed by atoms with Gasteiger partial charge in [0.2, 0.25) is 0 Å². The zero-order chi connectivity index (χ0) is 28.5. The van der Waals surface area contributed by atoms with Crippen molar-refractivity contribution < 1.29 is 30.0 Å². The van der Waals surface area contributed by atoms with Crippen LogP contribution < -0.4 is 14.8 Å². The lowest BCUT2D eigenvalue weighted by atomic mass is 10.2. The number of nitrogens with one attached hydrogen (secondary N) is 3. The molecule has 0 atom stereocenters. The monoisotopic (exact) mass is 606 g/mol. The summed E-state index contributed by atoms with van der Waals surface area (Å²) in [6, 6.07) is 15.7. The van der Waals surface area contributed by atoms with Gasteiger partial charge in [-0.3, -0.25) is 9.44 Å². The molecule has 0 aliphatic carbocycles. The Morgan fingerprint density at radius 2 is 1.35 bits per heavy atom. The van der Waals surface area contributed by atoms with Crippen LogP contribution in [-0.4, -0.2) is 31.8 Å². The standard InChI is InChI=1S/C24H17F3N6O4S3/c25-24(26,27)17-5-1-4-8-20(17)40(36,37)32-22-21(30-18-6-2-3-7-19(18)31-22)29-15-9-11-16(12-10-15)39(34,35)33-23-28-13-14-38-23/h1-14H,(H,28,33)(H,29,30)(H,31,32). The number of halogens is 3. The van der Waals surface area contributed by atoms with Crippen molar-refractivity contribution in [2.24, 2.45) is 0 Å². The van der Waals surface area contributed by atoms with E-state index in [1.807, 2.05) is 0 Å². The van der Waals surface area contributed by atoms with Gasteiger partial charge in [-0.25, -0.2) is 31.8 Å². The molecule has 0 unspecified atom stereocenters. The molecule has 0 amide bonds. The van der Waals surface area contributed by atoms with Crippen LogP contribution >= 0.6 is 11.3 Å². The Hall–Kier alpha value is -4.28. The summed E-state index contributed by atoms with van der Waals surface area (Å²) in [5, 5.41) is 4.67. The smallest absolute Gasteiger partial charge is 0.337 e. The van der Waals surface area contributed by atoms with Crippen LogP contribution in [0.15, 0.2) is 94.2 Å². The van der Waals surface area contributed by atoms with E-state index in [1.54, 1.807) is 29.6 Å². The van der Waals surface area contributed by atoms with Crippen molar-refractivity contribution >= 4 is 64.9 Å². The van der Waals surface area contributed by atoms with Crippen LogP contribution in [0.5, 0.6) is 0 Å². The molecule has 2 heterocycles. The molecule has 0 bridgehead atoms. The highest BCUT2D eigenvalue weighted by Gasteiger charge is 2.37. The maximum Gasteiger partial charge on any atom is 0.417 e. The van der Waals surface area contributed by atoms with Crippen molar-refractivity contribution in [3.05, 3.63) is 89.9 Å². The Labute approximate surface area is 230 Å². The number of aromatic nitrogens is 3. The Morgan fingerprint density at radius 1 is 0.725 bits per heavy atom. The highest BCUT2D eigenvalue weighted by molar-refractivity contribution is 7.93. The minimum atomic E-state index is -4.92.